The zero-order valence-electron chi connectivity index (χ0n) is 12.2. The number of carboxylic acid groups (broad SMARTS) is 1. The number of carboxylic acids is 1. The molecule has 22 heavy (non-hydrogen) atoms. The van der Waals surface area contributed by atoms with Crippen molar-refractivity contribution in [3.63, 3.8) is 0 Å². The van der Waals surface area contributed by atoms with Gasteiger partial charge in [-0.15, -0.1) is 0 Å². The Morgan fingerprint density at radius 2 is 2.14 bits per heavy atom. The molecule has 118 valence electrons. The van der Waals surface area contributed by atoms with Crippen LogP contribution in [0.25, 0.3) is 11.0 Å². The third-order valence-corrected chi connectivity index (χ3v) is 3.74. The number of rotatable bonds is 6. The lowest BCUT2D eigenvalue weighted by atomic mass is 10.2. The van der Waals surface area contributed by atoms with Gasteiger partial charge in [0, 0.05) is 25.5 Å². The van der Waals surface area contributed by atoms with Gasteiger partial charge in [-0.25, -0.2) is 4.79 Å². The van der Waals surface area contributed by atoms with Crippen LogP contribution in [0.1, 0.15) is 22.5 Å². The number of methoxy groups -OCH3 is 1. The maximum atomic E-state index is 12.2. The lowest BCUT2D eigenvalue weighted by molar-refractivity contribution is -0.139. The van der Waals surface area contributed by atoms with E-state index in [1.807, 2.05) is 19.1 Å². The fourth-order valence-electron chi connectivity index (χ4n) is 2.09. The Labute approximate surface area is 135 Å². The third kappa shape index (κ3) is 3.66. The van der Waals surface area contributed by atoms with Gasteiger partial charge < -0.3 is 19.6 Å². The van der Waals surface area contributed by atoms with E-state index in [9.17, 15) is 9.59 Å². The average Bonchev–Trinajstić information content (AvgIpc) is 2.87. The Bertz CT molecular complexity index is 709. The summed E-state index contributed by atoms with van der Waals surface area (Å²) in [5, 5.41) is 12.3. The van der Waals surface area contributed by atoms with E-state index >= 15 is 0 Å². The van der Waals surface area contributed by atoms with Crippen LogP contribution in [0.3, 0.4) is 0 Å². The Morgan fingerprint density at radius 1 is 1.41 bits per heavy atom. The average molecular weight is 370 g/mol. The molecule has 0 fully saturated rings. The molecule has 0 radical (unpaired) electrons. The maximum absolute atomic E-state index is 12.2. The molecule has 2 rings (SSSR count). The lowest BCUT2D eigenvalue weighted by Crippen LogP contribution is -2.41. The molecule has 0 spiro atoms. The monoisotopic (exact) mass is 369 g/mol. The predicted octanol–water partition coefficient (Wildman–Crippen LogP) is 2.72. The van der Waals surface area contributed by atoms with E-state index in [0.717, 1.165) is 15.4 Å². The molecule has 1 aromatic carbocycles. The van der Waals surface area contributed by atoms with Crippen LogP contribution in [-0.2, 0) is 9.53 Å². The topological polar surface area (TPSA) is 88.8 Å². The maximum Gasteiger partial charge on any atom is 0.326 e. The van der Waals surface area contributed by atoms with Gasteiger partial charge in [-0.3, -0.25) is 4.79 Å². The summed E-state index contributed by atoms with van der Waals surface area (Å²) in [7, 11) is 1.47. The van der Waals surface area contributed by atoms with E-state index in [0.29, 0.717) is 5.58 Å². The molecule has 1 atom stereocenters. The summed E-state index contributed by atoms with van der Waals surface area (Å²) in [5.74, 6) is -1.60. The van der Waals surface area contributed by atoms with Crippen LogP contribution < -0.4 is 5.32 Å². The van der Waals surface area contributed by atoms with Crippen molar-refractivity contribution in [1.29, 1.82) is 0 Å². The molecule has 6 nitrogen and oxygen atoms in total. The van der Waals surface area contributed by atoms with Gasteiger partial charge in [0.25, 0.3) is 5.91 Å². The van der Waals surface area contributed by atoms with Crippen LogP contribution >= 0.6 is 15.9 Å². The number of fused-ring (bicyclic) bond motifs is 1. The van der Waals surface area contributed by atoms with E-state index in [1.54, 1.807) is 6.07 Å². The second kappa shape index (κ2) is 6.93. The standard InChI is InChI=1S/C15H16BrNO5/c1-8-5-9-7-12(22-13(9)10(16)6-8)14(18)17-11(15(19)20)3-4-21-2/h5-7,11H,3-4H2,1-2H3,(H,17,18)(H,19,20). The van der Waals surface area contributed by atoms with Crippen molar-refractivity contribution in [1.82, 2.24) is 5.32 Å². The van der Waals surface area contributed by atoms with Crippen molar-refractivity contribution in [3.05, 3.63) is 34.0 Å². The van der Waals surface area contributed by atoms with Crippen molar-refractivity contribution < 1.29 is 23.8 Å². The number of halogens is 1. The molecule has 0 aliphatic heterocycles. The zero-order chi connectivity index (χ0) is 16.3. The first-order valence-corrected chi connectivity index (χ1v) is 7.44. The number of carbonyl (C=O) groups is 2. The third-order valence-electron chi connectivity index (χ3n) is 3.15. The highest BCUT2D eigenvalue weighted by molar-refractivity contribution is 9.10. The van der Waals surface area contributed by atoms with Crippen LogP contribution in [-0.4, -0.2) is 36.7 Å². The summed E-state index contributed by atoms with van der Waals surface area (Å²) in [4.78, 5) is 23.3. The summed E-state index contributed by atoms with van der Waals surface area (Å²) in [6.07, 6.45) is 0.181. The summed E-state index contributed by atoms with van der Waals surface area (Å²) in [6.45, 7) is 2.17. The zero-order valence-corrected chi connectivity index (χ0v) is 13.8. The fraction of sp³-hybridized carbons (Fsp3) is 0.333. The van der Waals surface area contributed by atoms with Gasteiger partial charge in [-0.05, 0) is 46.6 Å². The fourth-order valence-corrected chi connectivity index (χ4v) is 2.76. The summed E-state index contributed by atoms with van der Waals surface area (Å²) >= 11 is 3.38. The SMILES string of the molecule is COCCC(NC(=O)c1cc2cc(C)cc(Br)c2o1)C(=O)O. The van der Waals surface area contributed by atoms with Crippen LogP contribution in [0.2, 0.25) is 0 Å². The highest BCUT2D eigenvalue weighted by atomic mass is 79.9. The van der Waals surface area contributed by atoms with E-state index in [4.69, 9.17) is 14.3 Å². The van der Waals surface area contributed by atoms with Crippen molar-refractivity contribution in [2.75, 3.05) is 13.7 Å². The number of hydrogen-bond donors (Lipinski definition) is 2. The number of furan rings is 1. The molecular formula is C15H16BrNO5. The van der Waals surface area contributed by atoms with Gasteiger partial charge in [0.2, 0.25) is 0 Å². The normalized spacial score (nSPS) is 12.3. The quantitative estimate of drug-likeness (QED) is 0.816. The number of nitrogens with one attached hydrogen (secondary N) is 1. The second-order valence-corrected chi connectivity index (χ2v) is 5.78. The molecule has 2 aromatic rings. The Balaban J connectivity index is 2.21. The Hall–Kier alpha value is -1.86. The van der Waals surface area contributed by atoms with Crippen molar-refractivity contribution in [3.8, 4) is 0 Å². The summed E-state index contributed by atoms with van der Waals surface area (Å²) in [5.41, 5.74) is 1.58. The number of aryl methyl sites for hydroxylation is 1. The number of benzene rings is 1. The van der Waals surface area contributed by atoms with Crippen molar-refractivity contribution in [2.24, 2.45) is 0 Å². The van der Waals surface area contributed by atoms with Gasteiger partial charge in [0.05, 0.1) is 4.47 Å². The molecule has 1 heterocycles. The van der Waals surface area contributed by atoms with Crippen LogP contribution in [0.4, 0.5) is 0 Å². The predicted molar refractivity (Wildman–Crippen MR) is 84.0 cm³/mol. The Morgan fingerprint density at radius 3 is 2.77 bits per heavy atom. The first-order valence-electron chi connectivity index (χ1n) is 6.64. The second-order valence-electron chi connectivity index (χ2n) is 4.92. The molecule has 2 N–H and O–H groups in total. The molecule has 1 aromatic heterocycles. The van der Waals surface area contributed by atoms with Gasteiger partial charge in [-0.2, -0.15) is 0 Å². The van der Waals surface area contributed by atoms with E-state index < -0.39 is 17.9 Å². The Kier molecular flexibility index (Phi) is 5.20. The molecule has 0 saturated carbocycles. The van der Waals surface area contributed by atoms with Crippen molar-refractivity contribution in [2.45, 2.75) is 19.4 Å². The van der Waals surface area contributed by atoms with Gasteiger partial charge in [0.1, 0.15) is 11.6 Å². The molecule has 0 aliphatic rings. The van der Waals surface area contributed by atoms with E-state index in [2.05, 4.69) is 21.2 Å². The molecule has 7 heteroatoms. The molecule has 0 bridgehead atoms. The highest BCUT2D eigenvalue weighted by Gasteiger charge is 2.22. The van der Waals surface area contributed by atoms with Gasteiger partial charge in [0.15, 0.2) is 5.76 Å². The number of ether oxygens (including phenoxy) is 1. The summed E-state index contributed by atoms with van der Waals surface area (Å²) < 4.78 is 11.1. The minimum atomic E-state index is -1.11. The smallest absolute Gasteiger partial charge is 0.326 e. The van der Waals surface area contributed by atoms with Crippen LogP contribution in [0.15, 0.2) is 27.1 Å². The number of hydrogen-bond acceptors (Lipinski definition) is 4. The highest BCUT2D eigenvalue weighted by Crippen LogP contribution is 2.28. The van der Waals surface area contributed by atoms with Gasteiger partial charge in [-0.1, -0.05) is 0 Å². The number of aliphatic carboxylic acids is 1. The molecular weight excluding hydrogens is 354 g/mol. The van der Waals surface area contributed by atoms with Crippen LogP contribution in [0, 0.1) is 6.92 Å². The largest absolute Gasteiger partial charge is 0.480 e. The minimum Gasteiger partial charge on any atom is -0.480 e. The minimum absolute atomic E-state index is 0.0740. The number of carbonyl (C=O) groups excluding carboxylic acids is 1. The van der Waals surface area contributed by atoms with Gasteiger partial charge >= 0.3 is 5.97 Å². The molecule has 0 aliphatic carbocycles. The molecule has 0 saturated heterocycles. The number of amides is 1. The lowest BCUT2D eigenvalue weighted by Gasteiger charge is -2.12. The van der Waals surface area contributed by atoms with E-state index in [1.165, 1.54) is 7.11 Å². The first-order chi connectivity index (χ1) is 10.4. The van der Waals surface area contributed by atoms with Crippen LogP contribution in [0.5, 0.6) is 0 Å². The van der Waals surface area contributed by atoms with E-state index in [-0.39, 0.29) is 18.8 Å². The molecule has 1 amide bonds. The first kappa shape index (κ1) is 16.5. The summed E-state index contributed by atoms with van der Waals surface area (Å²) in [6, 6.07) is 4.34. The van der Waals surface area contributed by atoms with Crippen molar-refractivity contribution >= 4 is 38.8 Å². The molecule has 1 unspecified atom stereocenters.